The van der Waals surface area contributed by atoms with Gasteiger partial charge in [-0.3, -0.25) is 0 Å². The molecule has 0 bridgehead atoms. The second kappa shape index (κ2) is 40.4. The van der Waals surface area contributed by atoms with Crippen LogP contribution in [0.2, 0.25) is 0 Å². The van der Waals surface area contributed by atoms with Gasteiger partial charge in [-0.15, -0.1) is 6.58 Å². The van der Waals surface area contributed by atoms with E-state index in [1.807, 2.05) is 60.7 Å². The highest BCUT2D eigenvalue weighted by molar-refractivity contribution is 5.94. The number of nitrogens with zero attached hydrogens (tertiary/aromatic N) is 2. The average Bonchev–Trinajstić information content (AvgIpc) is 1.53. The molecule has 0 saturated carbocycles. The van der Waals surface area contributed by atoms with Gasteiger partial charge in [-0.2, -0.15) is 0 Å². The molecule has 3 aliphatic rings. The number of unbranched alkanes of at least 4 members (excludes halogenated alkanes) is 6. The van der Waals surface area contributed by atoms with E-state index in [1.165, 1.54) is 148 Å². The smallest absolute Gasteiger partial charge is 0.127 e. The van der Waals surface area contributed by atoms with E-state index in [2.05, 4.69) is 410 Å². The maximum Gasteiger partial charge on any atom is 0.127 e. The molecule has 6 heteroatoms. The van der Waals surface area contributed by atoms with E-state index in [9.17, 15) is 8.78 Å². The number of hydrogen-bond acceptors (Lipinski definition) is 4. The van der Waals surface area contributed by atoms with Gasteiger partial charge >= 0.3 is 0 Å². The molecule has 18 aromatic carbocycles. The van der Waals surface area contributed by atoms with E-state index >= 15 is 0 Å². The van der Waals surface area contributed by atoms with Crippen LogP contribution >= 0.6 is 0 Å². The maximum absolute atomic E-state index is 14.4. The van der Waals surface area contributed by atoms with E-state index in [-0.39, 0.29) is 17.6 Å². The Balaban J connectivity index is 0.689. The fraction of sp³-hybridized carbons (Fsp3) is 0.147. The first-order chi connectivity index (χ1) is 69.6. The molecular weight excluding hydrogens is 1730 g/mol. The van der Waals surface area contributed by atoms with Gasteiger partial charge in [0.2, 0.25) is 0 Å². The molecule has 4 nitrogen and oxygen atoms in total. The topological polar surface area (TPSA) is 24.9 Å². The Morgan fingerprint density at radius 3 is 1.06 bits per heavy atom. The summed E-state index contributed by atoms with van der Waals surface area (Å²) in [5, 5.41) is 0. The Hall–Kier alpha value is -16.0. The second-order valence-electron chi connectivity index (χ2n) is 38.6. The van der Waals surface area contributed by atoms with Crippen molar-refractivity contribution in [2.45, 2.75) is 123 Å². The van der Waals surface area contributed by atoms with Crippen LogP contribution in [0.4, 0.5) is 42.9 Å². The zero-order valence-corrected chi connectivity index (χ0v) is 81.7. The van der Waals surface area contributed by atoms with E-state index < -0.39 is 10.8 Å². The molecule has 0 spiro atoms. The molecule has 142 heavy (non-hydrogen) atoms. The van der Waals surface area contributed by atoms with E-state index in [0.29, 0.717) is 0 Å². The summed E-state index contributed by atoms with van der Waals surface area (Å²) in [7, 11) is 0. The number of fused-ring (bicyclic) bond motifs is 6. The minimum Gasteiger partial charge on any atom is -0.458 e. The monoisotopic (exact) mass is 1850 g/mol. The van der Waals surface area contributed by atoms with Crippen LogP contribution in [0.5, 0.6) is 17.2 Å². The minimum absolute atomic E-state index is 0.255. The van der Waals surface area contributed by atoms with Crippen LogP contribution in [-0.4, -0.2) is 0 Å². The standard InChI is InChI=1S/C136H116F2N2O2/c1-9-13-15-17-25-107-87-128(102-53-69-116(70-54-102)140(114-65-49-100(50-66-114)106-30-24-28-104(86-106)98-45-61-112(138)62-46-98)118-72-82-126-124-32-20-22-34-130(124)136(134(126)90-118,132-84-92(6)36-38-94(132)8)110-57-79-122(80-58-110)142-120-75-41-96(12-4)42-76-120)108(26-18-16-14-10-2)88-127(107)101-51-67-115(68-52-101)139(113-63-47-99(48-64-113)105-29-23-27-103(85-105)97-43-59-111(137)60-44-97)117-71-81-125-123-31-19-21-33-129(123)135(133(125)89-117,131-83-91(5)35-37-93(131)7)109-55-77-121(78-56-109)141-119-73-39-95(11-3)40-74-119/h11-12,19-24,27-41,43-90,96H,3-4,9-10,13-18,25-26,42H2,1-2,5-8H3. The lowest BCUT2D eigenvalue weighted by Crippen LogP contribution is -2.30. The molecule has 0 N–H and O–H groups in total. The molecule has 0 fully saturated rings. The summed E-state index contributed by atoms with van der Waals surface area (Å²) >= 11 is 0. The quantitative estimate of drug-likeness (QED) is 0.0310. The highest BCUT2D eigenvalue weighted by Gasteiger charge is 2.49. The van der Waals surface area contributed by atoms with Gasteiger partial charge < -0.3 is 19.3 Å². The lowest BCUT2D eigenvalue weighted by Gasteiger charge is -2.36. The Morgan fingerprint density at radius 2 is 0.676 bits per heavy atom. The fourth-order valence-corrected chi connectivity index (χ4v) is 22.2. The summed E-state index contributed by atoms with van der Waals surface area (Å²) in [6.45, 7) is 21.6. The number of anilines is 6. The summed E-state index contributed by atoms with van der Waals surface area (Å²) < 4.78 is 42.0. The molecule has 3 unspecified atom stereocenters. The van der Waals surface area contributed by atoms with Crippen molar-refractivity contribution in [1.29, 1.82) is 0 Å². The molecule has 696 valence electrons. The number of halogens is 2. The van der Waals surface area contributed by atoms with Gasteiger partial charge in [-0.25, -0.2) is 8.78 Å². The van der Waals surface area contributed by atoms with Crippen LogP contribution in [0.1, 0.15) is 155 Å². The molecule has 0 aromatic heterocycles. The molecule has 3 atom stereocenters. The number of ether oxygens (including phenoxy) is 2. The van der Waals surface area contributed by atoms with Crippen molar-refractivity contribution in [3.8, 4) is 106 Å². The van der Waals surface area contributed by atoms with Crippen molar-refractivity contribution in [1.82, 2.24) is 0 Å². The predicted molar refractivity (Wildman–Crippen MR) is 590 cm³/mol. The van der Waals surface area contributed by atoms with Crippen molar-refractivity contribution in [2.24, 2.45) is 5.92 Å². The van der Waals surface area contributed by atoms with Crippen LogP contribution in [0.15, 0.2) is 444 Å². The van der Waals surface area contributed by atoms with E-state index in [0.717, 1.165) is 176 Å². The summed E-state index contributed by atoms with van der Waals surface area (Å²) in [4.78, 5) is 4.90. The molecule has 0 radical (unpaired) electrons. The third-order valence-electron chi connectivity index (χ3n) is 29.5. The molecule has 0 aliphatic heterocycles. The Labute approximate surface area is 836 Å². The molecular formula is C136H116F2N2O2. The first-order valence-corrected chi connectivity index (χ1v) is 50.5. The number of allylic oxidation sites excluding steroid dienone is 4. The Bertz CT molecular complexity index is 7730. The van der Waals surface area contributed by atoms with Gasteiger partial charge in [0.05, 0.1) is 10.8 Å². The lowest BCUT2D eigenvalue weighted by molar-refractivity contribution is 0.436. The van der Waals surface area contributed by atoms with Crippen molar-refractivity contribution in [3.63, 3.8) is 0 Å². The van der Waals surface area contributed by atoms with Gasteiger partial charge in [-0.05, 0) is 385 Å². The fourth-order valence-electron chi connectivity index (χ4n) is 22.2. The van der Waals surface area contributed by atoms with Gasteiger partial charge in [0.1, 0.15) is 34.6 Å². The van der Waals surface area contributed by atoms with Crippen molar-refractivity contribution < 1.29 is 18.3 Å². The normalized spacial score (nSPS) is 14.8. The Kier molecular flexibility index (Phi) is 26.3. The van der Waals surface area contributed by atoms with Gasteiger partial charge in [0.25, 0.3) is 0 Å². The molecule has 0 heterocycles. The van der Waals surface area contributed by atoms with Crippen molar-refractivity contribution in [2.75, 3.05) is 9.80 Å². The zero-order chi connectivity index (χ0) is 97.0. The Morgan fingerprint density at radius 1 is 0.310 bits per heavy atom. The first kappa shape index (κ1) is 92.3. The van der Waals surface area contributed by atoms with Gasteiger partial charge in [0.15, 0.2) is 0 Å². The maximum atomic E-state index is 14.4. The molecule has 3 aliphatic carbocycles. The molecule has 0 saturated heterocycles. The van der Waals surface area contributed by atoms with Gasteiger partial charge in [0, 0.05) is 34.1 Å². The van der Waals surface area contributed by atoms with E-state index in [1.54, 1.807) is 0 Å². The second-order valence-corrected chi connectivity index (χ2v) is 38.6. The van der Waals surface area contributed by atoms with Crippen LogP contribution in [-0.2, 0) is 23.7 Å². The lowest BCUT2D eigenvalue weighted by atomic mass is 9.66. The average molecular weight is 1850 g/mol. The van der Waals surface area contributed by atoms with Crippen molar-refractivity contribution in [3.05, 3.63) is 539 Å². The summed E-state index contributed by atoms with van der Waals surface area (Å²) in [5.41, 5.74) is 40.8. The number of hydrogen-bond donors (Lipinski definition) is 0. The molecule has 18 aromatic rings. The van der Waals surface area contributed by atoms with Gasteiger partial charge in [-0.1, -0.05) is 343 Å². The number of rotatable bonds is 32. The molecule has 0 amide bonds. The number of benzene rings is 18. The SMILES string of the molecule is C=Cc1ccc(Oc2ccc(C3(c4cc(C)ccc4C)c4ccccc4-c4ccc(N(c5ccc(-c6cccc(-c7ccc(F)cc7)c6)cc5)c5ccc(-c6cc(CCCCCC)c(-c7ccc(N(c8ccc(-c9cccc(-c%10ccc(F)cc%10)c9)cc8)c8ccc9c(c8)C(c8ccc(OC%10=CCC(C=C)C=C%10)cc8)(c8cc(C)ccc8C)c8ccccc8-9)cc7)cc6CCCCCC)cc5)cc43)cc2)cc1. The van der Waals surface area contributed by atoms with Crippen LogP contribution in [0, 0.1) is 45.2 Å². The minimum atomic E-state index is -0.744. The number of aryl methyl sites for hydroxylation is 6. The van der Waals surface area contributed by atoms with E-state index in [4.69, 9.17) is 9.47 Å². The van der Waals surface area contributed by atoms with Crippen LogP contribution in [0.25, 0.3) is 95.1 Å². The highest BCUT2D eigenvalue weighted by Crippen LogP contribution is 2.61. The third-order valence-corrected chi connectivity index (χ3v) is 29.5. The molecule has 21 rings (SSSR count). The van der Waals surface area contributed by atoms with Crippen molar-refractivity contribution >= 4 is 40.2 Å². The largest absolute Gasteiger partial charge is 0.458 e. The first-order valence-electron chi connectivity index (χ1n) is 50.5. The summed E-state index contributed by atoms with van der Waals surface area (Å²) in [6, 6.07) is 145. The van der Waals surface area contributed by atoms with Crippen LogP contribution < -0.4 is 19.3 Å². The predicted octanol–water partition coefficient (Wildman–Crippen LogP) is 37.6. The third kappa shape index (κ3) is 18.1. The summed E-state index contributed by atoms with van der Waals surface area (Å²) in [6.07, 6.45) is 22.0. The zero-order valence-electron chi connectivity index (χ0n) is 81.7. The van der Waals surface area contributed by atoms with Crippen LogP contribution in [0.3, 0.4) is 0 Å². The summed E-state index contributed by atoms with van der Waals surface area (Å²) in [5.74, 6) is 2.91. The highest BCUT2D eigenvalue weighted by atomic mass is 19.1.